The van der Waals surface area contributed by atoms with Gasteiger partial charge in [-0.15, -0.1) is 0 Å². The highest BCUT2D eigenvalue weighted by Gasteiger charge is 2.38. The van der Waals surface area contributed by atoms with Crippen molar-refractivity contribution in [3.63, 3.8) is 0 Å². The molecule has 2 aromatic heterocycles. The quantitative estimate of drug-likeness (QED) is 0.247. The number of benzene rings is 2. The highest BCUT2D eigenvalue weighted by atomic mass is 19.4. The van der Waals surface area contributed by atoms with Crippen molar-refractivity contribution in [1.29, 1.82) is 0 Å². The van der Waals surface area contributed by atoms with Crippen LogP contribution in [-0.4, -0.2) is 44.9 Å². The van der Waals surface area contributed by atoms with Crippen LogP contribution in [0.2, 0.25) is 0 Å². The number of halogens is 3. The molecule has 0 atom stereocenters. The third-order valence-electron chi connectivity index (χ3n) is 5.74. The van der Waals surface area contributed by atoms with E-state index in [2.05, 4.69) is 4.98 Å². The number of hydrogen-bond acceptors (Lipinski definition) is 6. The molecule has 2 aromatic carbocycles. The molecule has 40 heavy (non-hydrogen) atoms. The van der Waals surface area contributed by atoms with E-state index in [0.29, 0.717) is 25.3 Å². The molecule has 0 aliphatic rings. The second kappa shape index (κ2) is 13.4. The summed E-state index contributed by atoms with van der Waals surface area (Å²) >= 11 is 0. The number of aromatic nitrogens is 2. The van der Waals surface area contributed by atoms with Crippen LogP contribution in [-0.2, 0) is 22.4 Å². The van der Waals surface area contributed by atoms with E-state index in [-0.39, 0.29) is 6.42 Å². The lowest BCUT2D eigenvalue weighted by molar-refractivity contribution is -0.192. The number of alkyl halides is 3. The Balaban J connectivity index is 0.000000559. The van der Waals surface area contributed by atoms with Crippen LogP contribution in [0.25, 0.3) is 22.7 Å². The van der Waals surface area contributed by atoms with Crippen LogP contribution in [0.1, 0.15) is 29.0 Å². The zero-order chi connectivity index (χ0) is 29.3. The van der Waals surface area contributed by atoms with E-state index in [9.17, 15) is 18.0 Å². The zero-order valence-electron chi connectivity index (χ0n) is 21.7. The Kier molecular flexibility index (Phi) is 10.0. The first-order chi connectivity index (χ1) is 18.9. The number of rotatable bonds is 9. The smallest absolute Gasteiger partial charge is 0.490 e. The maximum Gasteiger partial charge on any atom is 0.490 e. The van der Waals surface area contributed by atoms with E-state index in [4.69, 9.17) is 29.1 Å². The number of oxazole rings is 1. The summed E-state index contributed by atoms with van der Waals surface area (Å²) in [5.41, 5.74) is 5.73. The van der Waals surface area contributed by atoms with Gasteiger partial charge in [-0.05, 0) is 67.8 Å². The molecule has 0 unspecified atom stereocenters. The molecule has 11 heteroatoms. The van der Waals surface area contributed by atoms with Crippen molar-refractivity contribution in [2.75, 3.05) is 6.61 Å². The summed E-state index contributed by atoms with van der Waals surface area (Å²) in [4.78, 5) is 28.8. The average Bonchev–Trinajstić information content (AvgIpc) is 3.29. The normalized spacial score (nSPS) is 10.9. The molecule has 2 N–H and O–H groups in total. The number of nitrogens with zero attached hydrogens (tertiary/aromatic N) is 2. The Morgan fingerprint density at radius 1 is 0.950 bits per heavy atom. The topological polar surface area (TPSA) is 123 Å². The number of aliphatic carboxylic acids is 2. The van der Waals surface area contributed by atoms with Crippen molar-refractivity contribution in [3.8, 4) is 28.5 Å². The van der Waals surface area contributed by atoms with Crippen LogP contribution in [0.15, 0.2) is 71.3 Å². The summed E-state index contributed by atoms with van der Waals surface area (Å²) in [5.74, 6) is -1.43. The number of carboxylic acid groups (broad SMARTS) is 2. The van der Waals surface area contributed by atoms with Crippen molar-refractivity contribution in [3.05, 3.63) is 89.4 Å². The van der Waals surface area contributed by atoms with E-state index in [1.165, 1.54) is 0 Å². The highest BCUT2D eigenvalue weighted by Crippen LogP contribution is 2.27. The third kappa shape index (κ3) is 8.69. The highest BCUT2D eigenvalue weighted by molar-refractivity contribution is 5.73. The molecule has 0 bridgehead atoms. The predicted octanol–water partition coefficient (Wildman–Crippen LogP) is 6.29. The molecule has 4 rings (SSSR count). The van der Waals surface area contributed by atoms with Crippen LogP contribution in [0.4, 0.5) is 13.2 Å². The first-order valence-corrected chi connectivity index (χ1v) is 12.2. The molecule has 210 valence electrons. The van der Waals surface area contributed by atoms with Gasteiger partial charge in [0.1, 0.15) is 11.5 Å². The number of aryl methyl sites for hydroxylation is 3. The molecule has 0 spiro atoms. The molecular formula is C29H27F3N2O6. The van der Waals surface area contributed by atoms with Gasteiger partial charge >= 0.3 is 18.1 Å². The standard InChI is InChI=1S/C27H26N2O4.C2HF3O2/c1-18-16-23(11-9-20(18)10-12-26(30)31)32-15-13-24-19(2)33-27(29-24)22-7-5-6-21(17-22)25-8-3-4-14-28-25;3-2(4,5)1(6)7/h3-9,11,14,16-17H,10,12-13,15H2,1-2H3,(H,30,31);(H,6,7). The van der Waals surface area contributed by atoms with Crippen molar-refractivity contribution in [1.82, 2.24) is 9.97 Å². The summed E-state index contributed by atoms with van der Waals surface area (Å²) < 4.78 is 43.6. The van der Waals surface area contributed by atoms with Crippen LogP contribution in [0.5, 0.6) is 5.75 Å². The molecule has 0 saturated heterocycles. The summed E-state index contributed by atoms with van der Waals surface area (Å²) in [6.07, 6.45) is -2.04. The summed E-state index contributed by atoms with van der Waals surface area (Å²) in [5, 5.41) is 16.0. The maximum atomic E-state index is 10.8. The summed E-state index contributed by atoms with van der Waals surface area (Å²) in [6, 6.07) is 19.6. The fourth-order valence-corrected chi connectivity index (χ4v) is 3.67. The predicted molar refractivity (Wildman–Crippen MR) is 140 cm³/mol. The molecule has 4 aromatic rings. The Hall–Kier alpha value is -4.67. The van der Waals surface area contributed by atoms with E-state index in [0.717, 1.165) is 45.2 Å². The Morgan fingerprint density at radius 2 is 1.68 bits per heavy atom. The first-order valence-electron chi connectivity index (χ1n) is 12.2. The van der Waals surface area contributed by atoms with Gasteiger partial charge in [0.05, 0.1) is 18.0 Å². The lowest BCUT2D eigenvalue weighted by Gasteiger charge is -2.09. The molecule has 0 aliphatic carbocycles. The van der Waals surface area contributed by atoms with Crippen LogP contribution in [0, 0.1) is 13.8 Å². The van der Waals surface area contributed by atoms with Crippen molar-refractivity contribution in [2.45, 2.75) is 39.3 Å². The minimum Gasteiger partial charge on any atom is -0.493 e. The van der Waals surface area contributed by atoms with E-state index >= 15 is 0 Å². The third-order valence-corrected chi connectivity index (χ3v) is 5.74. The fraction of sp³-hybridized carbons (Fsp3) is 0.241. The minimum absolute atomic E-state index is 0.125. The molecule has 0 amide bonds. The van der Waals surface area contributed by atoms with Crippen LogP contribution >= 0.6 is 0 Å². The Morgan fingerprint density at radius 3 is 2.30 bits per heavy atom. The van der Waals surface area contributed by atoms with Crippen molar-refractivity contribution < 1.29 is 42.1 Å². The van der Waals surface area contributed by atoms with Gasteiger partial charge in [0.15, 0.2) is 0 Å². The average molecular weight is 557 g/mol. The molecule has 0 saturated carbocycles. The molecular weight excluding hydrogens is 529 g/mol. The zero-order valence-corrected chi connectivity index (χ0v) is 21.7. The first kappa shape index (κ1) is 29.9. The molecule has 0 fully saturated rings. The monoisotopic (exact) mass is 556 g/mol. The Bertz CT molecular complexity index is 1450. The molecule has 8 nitrogen and oxygen atoms in total. The SMILES string of the molecule is Cc1cc(OCCc2nc(-c3cccc(-c4ccccn4)c3)oc2C)ccc1CCC(=O)O.O=C(O)C(F)(F)F. The van der Waals surface area contributed by atoms with Crippen LogP contribution < -0.4 is 4.74 Å². The lowest BCUT2D eigenvalue weighted by atomic mass is 10.0. The van der Waals surface area contributed by atoms with E-state index in [1.54, 1.807) is 6.20 Å². The maximum absolute atomic E-state index is 10.8. The van der Waals surface area contributed by atoms with Gasteiger partial charge in [0.25, 0.3) is 0 Å². The fourth-order valence-electron chi connectivity index (χ4n) is 3.67. The van der Waals surface area contributed by atoms with Crippen molar-refractivity contribution >= 4 is 11.9 Å². The largest absolute Gasteiger partial charge is 0.493 e. The number of hydrogen-bond donors (Lipinski definition) is 2. The molecule has 0 aliphatic heterocycles. The number of carboxylic acids is 2. The van der Waals surface area contributed by atoms with Gasteiger partial charge in [0.2, 0.25) is 5.89 Å². The summed E-state index contributed by atoms with van der Waals surface area (Å²) in [6.45, 7) is 4.35. The van der Waals surface area contributed by atoms with Crippen molar-refractivity contribution in [2.24, 2.45) is 0 Å². The lowest BCUT2D eigenvalue weighted by Crippen LogP contribution is -2.21. The summed E-state index contributed by atoms with van der Waals surface area (Å²) in [7, 11) is 0. The molecule has 0 radical (unpaired) electrons. The van der Waals surface area contributed by atoms with E-state index in [1.807, 2.05) is 74.5 Å². The van der Waals surface area contributed by atoms with Gasteiger partial charge in [-0.3, -0.25) is 9.78 Å². The van der Waals surface area contributed by atoms with Crippen LogP contribution in [0.3, 0.4) is 0 Å². The second-order valence-electron chi connectivity index (χ2n) is 8.70. The second-order valence-corrected chi connectivity index (χ2v) is 8.70. The number of ether oxygens (including phenoxy) is 1. The minimum atomic E-state index is -5.08. The Labute approximate surface area is 228 Å². The number of carbonyl (C=O) groups is 2. The van der Waals surface area contributed by atoms with E-state index < -0.39 is 18.1 Å². The van der Waals surface area contributed by atoms with Gasteiger partial charge in [0, 0.05) is 30.2 Å². The number of pyridine rings is 1. The van der Waals surface area contributed by atoms with Gasteiger partial charge < -0.3 is 19.4 Å². The van der Waals surface area contributed by atoms with Gasteiger partial charge in [-0.25, -0.2) is 9.78 Å². The van der Waals surface area contributed by atoms with Gasteiger partial charge in [-0.1, -0.05) is 24.3 Å². The van der Waals surface area contributed by atoms with Gasteiger partial charge in [-0.2, -0.15) is 13.2 Å². The molecule has 2 heterocycles.